The van der Waals surface area contributed by atoms with Gasteiger partial charge in [0.15, 0.2) is 0 Å². The van der Waals surface area contributed by atoms with Crippen molar-refractivity contribution in [2.45, 2.75) is 18.7 Å². The van der Waals surface area contributed by atoms with Gasteiger partial charge in [-0.25, -0.2) is 18.2 Å². The summed E-state index contributed by atoms with van der Waals surface area (Å²) in [4.78, 5) is 15.7. The molecule has 0 unspecified atom stereocenters. The van der Waals surface area contributed by atoms with Crippen LogP contribution in [0.25, 0.3) is 0 Å². The number of ether oxygens (including phenoxy) is 1. The van der Waals surface area contributed by atoms with Crippen molar-refractivity contribution in [1.29, 1.82) is 0 Å². The first-order valence-electron chi connectivity index (χ1n) is 6.48. The van der Waals surface area contributed by atoms with Gasteiger partial charge in [0, 0.05) is 6.20 Å². The monoisotopic (exact) mass is 320 g/mol. The van der Waals surface area contributed by atoms with Crippen molar-refractivity contribution in [2.75, 3.05) is 11.8 Å². The molecule has 0 aliphatic carbocycles. The Hall–Kier alpha value is -2.41. The van der Waals surface area contributed by atoms with E-state index in [1.165, 1.54) is 13.2 Å². The molecule has 0 aliphatic rings. The third kappa shape index (κ3) is 3.25. The molecule has 0 spiro atoms. The average molecular weight is 320 g/mol. The van der Waals surface area contributed by atoms with Crippen LogP contribution < -0.4 is 4.72 Å². The average Bonchev–Trinajstić information content (AvgIpc) is 2.48. The molecule has 7 heteroatoms. The Morgan fingerprint density at radius 1 is 1.18 bits per heavy atom. The number of nitrogens with one attached hydrogen (secondary N) is 1. The number of esters is 1. The summed E-state index contributed by atoms with van der Waals surface area (Å²) in [5, 5.41) is 0. The zero-order chi connectivity index (χ0) is 16.3. The van der Waals surface area contributed by atoms with E-state index >= 15 is 0 Å². The minimum atomic E-state index is -3.95. The fourth-order valence-electron chi connectivity index (χ4n) is 1.95. The minimum Gasteiger partial charge on any atom is -0.465 e. The quantitative estimate of drug-likeness (QED) is 0.874. The smallest absolute Gasteiger partial charge is 0.339 e. The summed E-state index contributed by atoms with van der Waals surface area (Å²) in [5.74, 6) is -0.515. The highest BCUT2D eigenvalue weighted by atomic mass is 32.2. The molecule has 1 aromatic carbocycles. The molecular weight excluding hydrogens is 304 g/mol. The summed E-state index contributed by atoms with van der Waals surface area (Å²) in [6, 6.07) is 7.87. The first-order chi connectivity index (χ1) is 10.3. The summed E-state index contributed by atoms with van der Waals surface area (Å²) in [7, 11) is -2.74. The van der Waals surface area contributed by atoms with Crippen LogP contribution in [0.1, 0.15) is 21.5 Å². The molecule has 116 valence electrons. The number of carbonyl (C=O) groups is 1. The summed E-state index contributed by atoms with van der Waals surface area (Å²) < 4.78 is 32.1. The number of rotatable bonds is 4. The maximum absolute atomic E-state index is 12.5. The molecule has 6 nitrogen and oxygen atoms in total. The van der Waals surface area contributed by atoms with Gasteiger partial charge in [-0.15, -0.1) is 0 Å². The Morgan fingerprint density at radius 3 is 2.50 bits per heavy atom. The van der Waals surface area contributed by atoms with Crippen LogP contribution in [0, 0.1) is 13.8 Å². The van der Waals surface area contributed by atoms with E-state index in [-0.39, 0.29) is 16.3 Å². The second-order valence-corrected chi connectivity index (χ2v) is 6.42. The van der Waals surface area contributed by atoms with Gasteiger partial charge in [-0.2, -0.15) is 0 Å². The van der Waals surface area contributed by atoms with Crippen molar-refractivity contribution in [3.05, 3.63) is 53.2 Å². The molecule has 2 rings (SSSR count). The Bertz CT molecular complexity index is 799. The lowest BCUT2D eigenvalue weighted by molar-refractivity contribution is 0.0595. The van der Waals surface area contributed by atoms with Crippen LogP contribution in [0.3, 0.4) is 0 Å². The van der Waals surface area contributed by atoms with E-state index in [0.29, 0.717) is 5.56 Å². The van der Waals surface area contributed by atoms with E-state index in [2.05, 4.69) is 14.4 Å². The standard InChI is InChI=1S/C15H16N2O4S/c1-10-7-8-13(16-9-10)17-22(19,20)12-6-4-5-11(2)14(12)15(18)21-3/h4-9H,1-3H3,(H,16,17). The maximum atomic E-state index is 12.5. The van der Waals surface area contributed by atoms with Crippen molar-refractivity contribution >= 4 is 21.8 Å². The number of hydrogen-bond acceptors (Lipinski definition) is 5. The molecule has 0 saturated heterocycles. The second kappa shape index (κ2) is 6.15. The van der Waals surface area contributed by atoms with Crippen molar-refractivity contribution < 1.29 is 17.9 Å². The third-order valence-electron chi connectivity index (χ3n) is 3.06. The van der Waals surface area contributed by atoms with Gasteiger partial charge in [0.05, 0.1) is 12.7 Å². The van der Waals surface area contributed by atoms with Crippen LogP contribution in [0.15, 0.2) is 41.4 Å². The first kappa shape index (κ1) is 16.0. The number of pyridine rings is 1. The van der Waals surface area contributed by atoms with E-state index in [0.717, 1.165) is 5.56 Å². The first-order valence-corrected chi connectivity index (χ1v) is 7.97. The Morgan fingerprint density at radius 2 is 1.91 bits per heavy atom. The number of nitrogens with zero attached hydrogens (tertiary/aromatic N) is 1. The Balaban J connectivity index is 2.48. The van der Waals surface area contributed by atoms with Gasteiger partial charge in [-0.1, -0.05) is 18.2 Å². The van der Waals surface area contributed by atoms with Crippen molar-refractivity contribution in [2.24, 2.45) is 0 Å². The van der Waals surface area contributed by atoms with Crippen LogP contribution in [-0.4, -0.2) is 26.5 Å². The molecule has 0 saturated carbocycles. The van der Waals surface area contributed by atoms with E-state index in [9.17, 15) is 13.2 Å². The minimum absolute atomic E-state index is 0.0182. The zero-order valence-electron chi connectivity index (χ0n) is 12.5. The van der Waals surface area contributed by atoms with Gasteiger partial charge >= 0.3 is 5.97 Å². The van der Waals surface area contributed by atoms with Crippen LogP contribution in [0.2, 0.25) is 0 Å². The van der Waals surface area contributed by atoms with E-state index < -0.39 is 16.0 Å². The van der Waals surface area contributed by atoms with Gasteiger partial charge < -0.3 is 4.74 Å². The van der Waals surface area contributed by atoms with Gasteiger partial charge in [0.2, 0.25) is 0 Å². The SMILES string of the molecule is COC(=O)c1c(C)cccc1S(=O)(=O)Nc1ccc(C)cn1. The lowest BCUT2D eigenvalue weighted by Crippen LogP contribution is -2.19. The molecule has 1 heterocycles. The number of sulfonamides is 1. The molecule has 22 heavy (non-hydrogen) atoms. The number of benzene rings is 1. The highest BCUT2D eigenvalue weighted by molar-refractivity contribution is 7.92. The summed E-state index contributed by atoms with van der Waals surface area (Å²) in [5.41, 5.74) is 1.45. The van der Waals surface area contributed by atoms with Gasteiger partial charge in [-0.3, -0.25) is 4.72 Å². The van der Waals surface area contributed by atoms with Crippen LogP contribution in [0.5, 0.6) is 0 Å². The van der Waals surface area contributed by atoms with Crippen LogP contribution >= 0.6 is 0 Å². The normalized spacial score (nSPS) is 11.0. The lowest BCUT2D eigenvalue weighted by atomic mass is 10.1. The lowest BCUT2D eigenvalue weighted by Gasteiger charge is -2.12. The summed E-state index contributed by atoms with van der Waals surface area (Å²) in [6.45, 7) is 3.50. The number of aryl methyl sites for hydroxylation is 2. The largest absolute Gasteiger partial charge is 0.465 e. The van der Waals surface area contributed by atoms with Crippen molar-refractivity contribution in [3.63, 3.8) is 0 Å². The summed E-state index contributed by atoms with van der Waals surface area (Å²) in [6.07, 6.45) is 1.55. The molecule has 0 fully saturated rings. The topological polar surface area (TPSA) is 85.4 Å². The molecule has 0 atom stereocenters. The second-order valence-electron chi connectivity index (χ2n) is 4.77. The Labute approximate surface area is 129 Å². The number of carbonyl (C=O) groups excluding carboxylic acids is 1. The number of aromatic nitrogens is 1. The summed E-state index contributed by atoms with van der Waals surface area (Å²) >= 11 is 0. The third-order valence-corrected chi connectivity index (χ3v) is 4.46. The van der Waals surface area contributed by atoms with Crippen molar-refractivity contribution in [1.82, 2.24) is 4.98 Å². The van der Waals surface area contributed by atoms with Gasteiger partial charge in [0.25, 0.3) is 10.0 Å². The Kier molecular flexibility index (Phi) is 4.46. The van der Waals surface area contributed by atoms with Crippen LogP contribution in [-0.2, 0) is 14.8 Å². The van der Waals surface area contributed by atoms with E-state index in [1.54, 1.807) is 37.4 Å². The van der Waals surface area contributed by atoms with Gasteiger partial charge in [0.1, 0.15) is 10.7 Å². The highest BCUT2D eigenvalue weighted by Gasteiger charge is 2.25. The molecular formula is C15H16N2O4S. The molecule has 0 bridgehead atoms. The molecule has 2 aromatic rings. The molecule has 1 N–H and O–H groups in total. The molecule has 0 aliphatic heterocycles. The number of anilines is 1. The van der Waals surface area contributed by atoms with Gasteiger partial charge in [-0.05, 0) is 37.1 Å². The highest BCUT2D eigenvalue weighted by Crippen LogP contribution is 2.22. The fraction of sp³-hybridized carbons (Fsp3) is 0.200. The van der Waals surface area contributed by atoms with Crippen LogP contribution in [0.4, 0.5) is 5.82 Å². The number of hydrogen-bond donors (Lipinski definition) is 1. The van der Waals surface area contributed by atoms with Crippen molar-refractivity contribution in [3.8, 4) is 0 Å². The predicted octanol–water partition coefficient (Wildman–Crippen LogP) is 2.29. The molecule has 0 amide bonds. The zero-order valence-corrected chi connectivity index (χ0v) is 13.3. The van der Waals surface area contributed by atoms with E-state index in [4.69, 9.17) is 0 Å². The number of methoxy groups -OCH3 is 1. The molecule has 0 radical (unpaired) electrons. The maximum Gasteiger partial charge on any atom is 0.339 e. The van der Waals surface area contributed by atoms with E-state index in [1.807, 2.05) is 6.92 Å². The fourth-order valence-corrected chi connectivity index (χ4v) is 3.23. The molecule has 1 aromatic heterocycles. The predicted molar refractivity (Wildman–Crippen MR) is 82.3 cm³/mol.